The van der Waals surface area contributed by atoms with Gasteiger partial charge in [-0.05, 0) is 24.3 Å². The lowest BCUT2D eigenvalue weighted by Crippen LogP contribution is -1.83. The second-order valence-electron chi connectivity index (χ2n) is 2.43. The monoisotopic (exact) mass is 212 g/mol. The van der Waals surface area contributed by atoms with Gasteiger partial charge >= 0.3 is 0 Å². The molecular formula is C14H16N2. The van der Waals surface area contributed by atoms with Gasteiger partial charge in [0, 0.05) is 12.4 Å². The second kappa shape index (κ2) is 9.34. The van der Waals surface area contributed by atoms with Crippen LogP contribution in [0.1, 0.15) is 0 Å². The first-order valence-corrected chi connectivity index (χ1v) is 4.79. The average Bonchev–Trinajstić information content (AvgIpc) is 2.45. The van der Waals surface area contributed by atoms with E-state index in [0.717, 1.165) is 11.4 Å². The van der Waals surface area contributed by atoms with E-state index >= 15 is 0 Å². The van der Waals surface area contributed by atoms with Crippen molar-refractivity contribution in [3.8, 4) is 11.4 Å². The van der Waals surface area contributed by atoms with Crippen molar-refractivity contribution in [1.29, 1.82) is 0 Å². The Bertz CT molecular complexity index is 331. The first-order chi connectivity index (χ1) is 7.97. The molecule has 2 heteroatoms. The molecule has 0 amide bonds. The molecule has 0 aliphatic carbocycles. The van der Waals surface area contributed by atoms with Crippen LogP contribution in [0, 0.1) is 0 Å². The molecule has 0 N–H and O–H groups in total. The van der Waals surface area contributed by atoms with E-state index in [9.17, 15) is 0 Å². The highest BCUT2D eigenvalue weighted by molar-refractivity contribution is 5.52. The quantitative estimate of drug-likeness (QED) is 0.673. The van der Waals surface area contributed by atoms with Gasteiger partial charge in [0.25, 0.3) is 0 Å². The van der Waals surface area contributed by atoms with Crippen LogP contribution in [0.5, 0.6) is 0 Å². The highest BCUT2D eigenvalue weighted by Crippen LogP contribution is 2.10. The molecule has 0 fully saturated rings. The summed E-state index contributed by atoms with van der Waals surface area (Å²) in [4.78, 5) is 8.37. The maximum absolute atomic E-state index is 4.19. The number of nitrogens with zero attached hydrogens (tertiary/aromatic N) is 2. The van der Waals surface area contributed by atoms with Crippen LogP contribution in [-0.2, 0) is 0 Å². The van der Waals surface area contributed by atoms with Crippen LogP contribution in [0.4, 0.5) is 0 Å². The fourth-order valence-electron chi connectivity index (χ4n) is 1.03. The number of hydrogen-bond acceptors (Lipinski definition) is 2. The van der Waals surface area contributed by atoms with Crippen LogP contribution in [-0.4, -0.2) is 9.97 Å². The Labute approximate surface area is 97.0 Å². The third-order valence-electron chi connectivity index (χ3n) is 1.59. The summed E-state index contributed by atoms with van der Waals surface area (Å²) in [5.74, 6) is 0. The molecule has 2 aromatic rings. The summed E-state index contributed by atoms with van der Waals surface area (Å²) in [5.41, 5.74) is 1.83. The van der Waals surface area contributed by atoms with Crippen LogP contribution in [0.25, 0.3) is 11.4 Å². The van der Waals surface area contributed by atoms with Crippen molar-refractivity contribution in [2.75, 3.05) is 0 Å². The summed E-state index contributed by atoms with van der Waals surface area (Å²) in [5, 5.41) is 0. The molecular weight excluding hydrogens is 196 g/mol. The molecule has 2 nitrogen and oxygen atoms in total. The normalized spacial score (nSPS) is 7.75. The predicted octanol–water partition coefficient (Wildman–Crippen LogP) is 3.75. The van der Waals surface area contributed by atoms with E-state index in [2.05, 4.69) is 36.3 Å². The van der Waals surface area contributed by atoms with E-state index in [1.54, 1.807) is 12.4 Å². The number of pyridine rings is 2. The van der Waals surface area contributed by atoms with Gasteiger partial charge in [-0.2, -0.15) is 0 Å². The van der Waals surface area contributed by atoms with Gasteiger partial charge in [-0.1, -0.05) is 12.1 Å². The summed E-state index contributed by atoms with van der Waals surface area (Å²) in [6, 6.07) is 11.6. The van der Waals surface area contributed by atoms with Gasteiger partial charge < -0.3 is 0 Å². The molecule has 0 unspecified atom stereocenters. The third-order valence-corrected chi connectivity index (χ3v) is 1.59. The highest BCUT2D eigenvalue weighted by atomic mass is 14.7. The Hall–Kier alpha value is -2.22. The van der Waals surface area contributed by atoms with E-state index in [1.165, 1.54) is 0 Å². The number of rotatable bonds is 1. The van der Waals surface area contributed by atoms with Crippen molar-refractivity contribution in [2.24, 2.45) is 0 Å². The zero-order chi connectivity index (χ0) is 12.2. The molecule has 0 aliphatic heterocycles. The molecule has 0 aliphatic rings. The van der Waals surface area contributed by atoms with Crippen LogP contribution < -0.4 is 0 Å². The van der Waals surface area contributed by atoms with Crippen molar-refractivity contribution in [2.45, 2.75) is 0 Å². The fourth-order valence-corrected chi connectivity index (χ4v) is 1.03. The minimum atomic E-state index is 0.915. The summed E-state index contributed by atoms with van der Waals surface area (Å²) in [7, 11) is 0. The minimum absolute atomic E-state index is 0.915. The van der Waals surface area contributed by atoms with E-state index in [1.807, 2.05) is 36.4 Å². The highest BCUT2D eigenvalue weighted by Gasteiger charge is 1.95. The summed E-state index contributed by atoms with van der Waals surface area (Å²) < 4.78 is 0. The maximum atomic E-state index is 4.19. The zero-order valence-corrected chi connectivity index (χ0v) is 9.34. The van der Waals surface area contributed by atoms with Gasteiger partial charge in [0.15, 0.2) is 0 Å². The Morgan fingerprint density at radius 2 is 1.00 bits per heavy atom. The van der Waals surface area contributed by atoms with Crippen LogP contribution >= 0.6 is 0 Å². The Morgan fingerprint density at radius 3 is 1.25 bits per heavy atom. The molecule has 0 bridgehead atoms. The molecule has 0 saturated carbocycles. The van der Waals surface area contributed by atoms with Gasteiger partial charge in [0.05, 0.1) is 11.4 Å². The molecule has 0 saturated heterocycles. The Morgan fingerprint density at radius 1 is 0.625 bits per heavy atom. The van der Waals surface area contributed by atoms with E-state index < -0.39 is 0 Å². The van der Waals surface area contributed by atoms with E-state index in [0.29, 0.717) is 0 Å². The number of aromatic nitrogens is 2. The summed E-state index contributed by atoms with van der Waals surface area (Å²) in [6.45, 7) is 12.0. The van der Waals surface area contributed by atoms with Gasteiger partial charge in [-0.3, -0.25) is 9.97 Å². The Balaban J connectivity index is 0.000000509. The third kappa shape index (κ3) is 4.33. The standard InChI is InChI=1S/C10H8N2.2C2H4/c1-3-7-11-9(5-1)10-6-2-4-8-12-10;2*1-2/h1-8H;2*1-2H2. The minimum Gasteiger partial charge on any atom is -0.255 e. The second-order valence-corrected chi connectivity index (χ2v) is 2.43. The first kappa shape index (κ1) is 13.8. The average molecular weight is 212 g/mol. The molecule has 0 atom stereocenters. The molecule has 2 rings (SSSR count). The summed E-state index contributed by atoms with van der Waals surface area (Å²) >= 11 is 0. The molecule has 0 aromatic carbocycles. The Kier molecular flexibility index (Phi) is 8.04. The largest absolute Gasteiger partial charge is 0.255 e. The summed E-state index contributed by atoms with van der Waals surface area (Å²) in [6.07, 6.45) is 3.54. The molecule has 16 heavy (non-hydrogen) atoms. The van der Waals surface area contributed by atoms with E-state index in [-0.39, 0.29) is 0 Å². The maximum Gasteiger partial charge on any atom is 0.0886 e. The lowest BCUT2D eigenvalue weighted by molar-refractivity contribution is 1.25. The fraction of sp³-hybridized carbons (Fsp3) is 0. The molecule has 2 aromatic heterocycles. The topological polar surface area (TPSA) is 25.8 Å². The number of hydrogen-bond donors (Lipinski definition) is 0. The predicted molar refractivity (Wildman–Crippen MR) is 70.0 cm³/mol. The molecule has 2 heterocycles. The van der Waals surface area contributed by atoms with Crippen molar-refractivity contribution in [1.82, 2.24) is 9.97 Å². The van der Waals surface area contributed by atoms with Gasteiger partial charge in [-0.25, -0.2) is 0 Å². The SMILES string of the molecule is C=C.C=C.c1ccc(-c2ccccn2)nc1. The van der Waals surface area contributed by atoms with Crippen molar-refractivity contribution in [3.63, 3.8) is 0 Å². The molecule has 0 radical (unpaired) electrons. The zero-order valence-electron chi connectivity index (χ0n) is 9.34. The van der Waals surface area contributed by atoms with Crippen LogP contribution in [0.3, 0.4) is 0 Å². The van der Waals surface area contributed by atoms with Crippen LogP contribution in [0.2, 0.25) is 0 Å². The molecule has 82 valence electrons. The van der Waals surface area contributed by atoms with Crippen molar-refractivity contribution >= 4 is 0 Å². The lowest BCUT2D eigenvalue weighted by atomic mass is 10.2. The smallest absolute Gasteiger partial charge is 0.0886 e. The lowest BCUT2D eigenvalue weighted by Gasteiger charge is -1.96. The van der Waals surface area contributed by atoms with Gasteiger partial charge in [0.2, 0.25) is 0 Å². The van der Waals surface area contributed by atoms with E-state index in [4.69, 9.17) is 0 Å². The first-order valence-electron chi connectivity index (χ1n) is 4.79. The van der Waals surface area contributed by atoms with Gasteiger partial charge in [-0.15, -0.1) is 26.3 Å². The van der Waals surface area contributed by atoms with Crippen molar-refractivity contribution in [3.05, 3.63) is 75.1 Å². The van der Waals surface area contributed by atoms with Crippen LogP contribution in [0.15, 0.2) is 75.1 Å². The molecule has 0 spiro atoms. The van der Waals surface area contributed by atoms with Crippen molar-refractivity contribution < 1.29 is 0 Å². The van der Waals surface area contributed by atoms with Gasteiger partial charge in [0.1, 0.15) is 0 Å².